The Hall–Kier alpha value is -2.24. The van der Waals surface area contributed by atoms with Gasteiger partial charge in [-0.15, -0.1) is 0 Å². The molecule has 1 aliphatic heterocycles. The van der Waals surface area contributed by atoms with Crippen molar-refractivity contribution in [1.82, 2.24) is 5.32 Å². The van der Waals surface area contributed by atoms with Gasteiger partial charge >= 0.3 is 6.09 Å². The molecule has 1 atom stereocenters. The van der Waals surface area contributed by atoms with Crippen LogP contribution in [0.25, 0.3) is 0 Å². The average molecular weight is 278 g/mol. The van der Waals surface area contributed by atoms with Gasteiger partial charge in [0.2, 0.25) is 5.91 Å². The first-order chi connectivity index (χ1) is 9.60. The molecule has 0 spiro atoms. The van der Waals surface area contributed by atoms with Crippen molar-refractivity contribution < 1.29 is 19.1 Å². The summed E-state index contributed by atoms with van der Waals surface area (Å²) in [5.41, 5.74) is 0.753. The summed E-state index contributed by atoms with van der Waals surface area (Å²) in [5.74, 6) is 0.624. The minimum absolute atomic E-state index is 0.138. The Labute approximate surface area is 117 Å². The number of carbonyl (C=O) groups excluding carboxylic acids is 2. The summed E-state index contributed by atoms with van der Waals surface area (Å²) in [6.45, 7) is 4.70. The molecule has 0 aliphatic carbocycles. The fourth-order valence-electron chi connectivity index (χ4n) is 1.99. The molecule has 1 saturated heterocycles. The second-order valence-corrected chi connectivity index (χ2v) is 4.48. The van der Waals surface area contributed by atoms with Gasteiger partial charge in [-0.1, -0.05) is 0 Å². The lowest BCUT2D eigenvalue weighted by atomic mass is 10.2. The van der Waals surface area contributed by atoms with Gasteiger partial charge in [0.1, 0.15) is 11.9 Å². The van der Waals surface area contributed by atoms with Crippen LogP contribution in [0.5, 0.6) is 5.75 Å². The van der Waals surface area contributed by atoms with Gasteiger partial charge < -0.3 is 14.8 Å². The Morgan fingerprint density at radius 3 is 2.75 bits per heavy atom. The number of benzene rings is 1. The zero-order chi connectivity index (χ0) is 14.5. The predicted molar refractivity (Wildman–Crippen MR) is 73.9 cm³/mol. The summed E-state index contributed by atoms with van der Waals surface area (Å²) in [6, 6.07) is 7.25. The first-order valence-electron chi connectivity index (χ1n) is 6.55. The van der Waals surface area contributed by atoms with Crippen LogP contribution in [0.2, 0.25) is 0 Å². The van der Waals surface area contributed by atoms with Gasteiger partial charge in [0.05, 0.1) is 19.7 Å². The maximum Gasteiger partial charge on any atom is 0.414 e. The van der Waals surface area contributed by atoms with E-state index in [0.717, 1.165) is 11.4 Å². The van der Waals surface area contributed by atoms with Crippen molar-refractivity contribution >= 4 is 17.7 Å². The van der Waals surface area contributed by atoms with Crippen LogP contribution < -0.4 is 15.0 Å². The third-order valence-corrected chi connectivity index (χ3v) is 2.91. The molecule has 1 heterocycles. The highest BCUT2D eigenvalue weighted by molar-refractivity contribution is 5.89. The third-order valence-electron chi connectivity index (χ3n) is 2.91. The third kappa shape index (κ3) is 3.40. The number of nitrogens with one attached hydrogen (secondary N) is 1. The molecule has 1 aromatic rings. The van der Waals surface area contributed by atoms with Crippen molar-refractivity contribution in [2.75, 3.05) is 24.6 Å². The highest BCUT2D eigenvalue weighted by atomic mass is 16.6. The summed E-state index contributed by atoms with van der Waals surface area (Å²) < 4.78 is 10.6. The molecule has 6 heteroatoms. The highest BCUT2D eigenvalue weighted by Crippen LogP contribution is 2.24. The molecule has 0 bridgehead atoms. The largest absolute Gasteiger partial charge is 0.494 e. The maximum absolute atomic E-state index is 11.8. The molecule has 1 aliphatic rings. The van der Waals surface area contributed by atoms with Crippen LogP contribution in [0.1, 0.15) is 13.8 Å². The predicted octanol–water partition coefficient (Wildman–Crippen LogP) is 1.55. The number of carbonyl (C=O) groups is 2. The van der Waals surface area contributed by atoms with Crippen LogP contribution in [0, 0.1) is 0 Å². The number of anilines is 1. The van der Waals surface area contributed by atoms with E-state index in [2.05, 4.69) is 5.32 Å². The minimum atomic E-state index is -0.399. The van der Waals surface area contributed by atoms with Gasteiger partial charge in [-0.3, -0.25) is 9.69 Å². The minimum Gasteiger partial charge on any atom is -0.494 e. The van der Waals surface area contributed by atoms with Crippen molar-refractivity contribution in [3.05, 3.63) is 24.3 Å². The van der Waals surface area contributed by atoms with Crippen molar-refractivity contribution in [1.29, 1.82) is 0 Å². The van der Waals surface area contributed by atoms with E-state index in [1.807, 2.05) is 31.2 Å². The van der Waals surface area contributed by atoms with Crippen LogP contribution in [-0.4, -0.2) is 37.8 Å². The van der Waals surface area contributed by atoms with E-state index in [-0.39, 0.29) is 12.0 Å². The number of hydrogen-bond acceptors (Lipinski definition) is 4. The Morgan fingerprint density at radius 1 is 1.45 bits per heavy atom. The van der Waals surface area contributed by atoms with E-state index < -0.39 is 6.09 Å². The Morgan fingerprint density at radius 2 is 2.15 bits per heavy atom. The standard InChI is InChI=1S/C14H18N2O4/c1-3-19-12-6-4-11(5-7-12)16-9-13(20-14(16)18)8-15-10(2)17/h4-7,13H,3,8-9H2,1-2H3,(H,15,17). The molecule has 0 saturated carbocycles. The zero-order valence-electron chi connectivity index (χ0n) is 11.6. The molecule has 2 rings (SSSR count). The molecular weight excluding hydrogens is 260 g/mol. The van der Waals surface area contributed by atoms with Crippen molar-refractivity contribution in [3.8, 4) is 5.75 Å². The molecule has 1 aromatic carbocycles. The number of cyclic esters (lactones) is 1. The maximum atomic E-state index is 11.8. The van der Waals surface area contributed by atoms with E-state index in [1.54, 1.807) is 4.90 Å². The molecular formula is C14H18N2O4. The molecule has 2 amide bonds. The molecule has 1 fully saturated rings. The number of hydrogen-bond donors (Lipinski definition) is 1. The summed E-state index contributed by atoms with van der Waals surface area (Å²) in [7, 11) is 0. The van der Waals surface area contributed by atoms with Crippen molar-refractivity contribution in [2.45, 2.75) is 20.0 Å². The molecule has 108 valence electrons. The van der Waals surface area contributed by atoms with Gasteiger partial charge in [0, 0.05) is 12.6 Å². The number of rotatable bonds is 5. The van der Waals surface area contributed by atoms with Crippen LogP contribution in [0.4, 0.5) is 10.5 Å². The second kappa shape index (κ2) is 6.27. The summed E-state index contributed by atoms with van der Waals surface area (Å²) in [5, 5.41) is 2.64. The quantitative estimate of drug-likeness (QED) is 0.887. The van der Waals surface area contributed by atoms with Crippen LogP contribution >= 0.6 is 0 Å². The first-order valence-corrected chi connectivity index (χ1v) is 6.55. The molecule has 0 aromatic heterocycles. The zero-order valence-corrected chi connectivity index (χ0v) is 11.6. The molecule has 1 unspecified atom stereocenters. The number of ether oxygens (including phenoxy) is 2. The van der Waals surface area contributed by atoms with Gasteiger partial charge in [-0.25, -0.2) is 4.79 Å². The summed E-state index contributed by atoms with van der Waals surface area (Å²) in [4.78, 5) is 24.2. The Kier molecular flexibility index (Phi) is 4.45. The number of amides is 2. The van der Waals surface area contributed by atoms with E-state index in [1.165, 1.54) is 6.92 Å². The fourth-order valence-corrected chi connectivity index (χ4v) is 1.99. The summed E-state index contributed by atoms with van der Waals surface area (Å²) >= 11 is 0. The van der Waals surface area contributed by atoms with E-state index in [9.17, 15) is 9.59 Å². The monoisotopic (exact) mass is 278 g/mol. The van der Waals surface area contributed by atoms with E-state index in [0.29, 0.717) is 19.7 Å². The SMILES string of the molecule is CCOc1ccc(N2CC(CNC(C)=O)OC2=O)cc1. The normalized spacial score (nSPS) is 17.8. The Bertz CT molecular complexity index is 486. The molecule has 20 heavy (non-hydrogen) atoms. The smallest absolute Gasteiger partial charge is 0.414 e. The lowest BCUT2D eigenvalue weighted by Gasteiger charge is -2.13. The van der Waals surface area contributed by atoms with Crippen LogP contribution in [0.3, 0.4) is 0 Å². The van der Waals surface area contributed by atoms with Gasteiger partial charge in [-0.05, 0) is 31.2 Å². The highest BCUT2D eigenvalue weighted by Gasteiger charge is 2.32. The molecule has 1 N–H and O–H groups in total. The van der Waals surface area contributed by atoms with Gasteiger partial charge in [0.25, 0.3) is 0 Å². The van der Waals surface area contributed by atoms with Gasteiger partial charge in [-0.2, -0.15) is 0 Å². The van der Waals surface area contributed by atoms with Gasteiger partial charge in [0.15, 0.2) is 0 Å². The Balaban J connectivity index is 1.98. The second-order valence-electron chi connectivity index (χ2n) is 4.48. The van der Waals surface area contributed by atoms with Crippen LogP contribution in [-0.2, 0) is 9.53 Å². The lowest BCUT2D eigenvalue weighted by Crippen LogP contribution is -2.33. The summed E-state index contributed by atoms with van der Waals surface area (Å²) in [6.07, 6.45) is -0.720. The van der Waals surface area contributed by atoms with E-state index in [4.69, 9.17) is 9.47 Å². The first kappa shape index (κ1) is 14.2. The number of nitrogens with zero attached hydrogens (tertiary/aromatic N) is 1. The lowest BCUT2D eigenvalue weighted by molar-refractivity contribution is -0.119. The topological polar surface area (TPSA) is 67.9 Å². The van der Waals surface area contributed by atoms with Crippen LogP contribution in [0.15, 0.2) is 24.3 Å². The molecule has 6 nitrogen and oxygen atoms in total. The van der Waals surface area contributed by atoms with E-state index >= 15 is 0 Å². The van der Waals surface area contributed by atoms with Crippen molar-refractivity contribution in [2.24, 2.45) is 0 Å². The average Bonchev–Trinajstić information content (AvgIpc) is 2.79. The molecule has 0 radical (unpaired) electrons. The van der Waals surface area contributed by atoms with Crippen molar-refractivity contribution in [3.63, 3.8) is 0 Å². The fraction of sp³-hybridized carbons (Fsp3) is 0.429.